The molecule has 2 heteroatoms. The summed E-state index contributed by atoms with van der Waals surface area (Å²) in [4.78, 5) is 12.1. The number of ketones is 1. The summed E-state index contributed by atoms with van der Waals surface area (Å²) in [6, 6.07) is 4.26. The van der Waals surface area contributed by atoms with Crippen molar-refractivity contribution in [3.05, 3.63) is 28.8 Å². The molecule has 1 aliphatic rings. The summed E-state index contributed by atoms with van der Waals surface area (Å²) in [5.41, 5.74) is 3.67. The molecule has 0 atom stereocenters. The topological polar surface area (TPSA) is 26.3 Å². The molecule has 0 bridgehead atoms. The van der Waals surface area contributed by atoms with Gasteiger partial charge < -0.3 is 4.74 Å². The molecular formula is C21H32O2. The SMILES string of the molecule is CCCCCOc1cc2c(cc1C(C)=O)C(C)(C)CCC2(C)C. The van der Waals surface area contributed by atoms with Crippen LogP contribution in [0.3, 0.4) is 0 Å². The van der Waals surface area contributed by atoms with Gasteiger partial charge in [0.2, 0.25) is 0 Å². The first-order chi connectivity index (χ1) is 10.7. The van der Waals surface area contributed by atoms with Gasteiger partial charge in [-0.2, -0.15) is 0 Å². The molecule has 0 spiro atoms. The van der Waals surface area contributed by atoms with Gasteiger partial charge in [0.15, 0.2) is 5.78 Å². The van der Waals surface area contributed by atoms with E-state index in [9.17, 15) is 4.79 Å². The van der Waals surface area contributed by atoms with Gasteiger partial charge in [-0.3, -0.25) is 4.79 Å². The molecule has 0 amide bonds. The minimum atomic E-state index is 0.0949. The fourth-order valence-corrected chi connectivity index (χ4v) is 3.52. The summed E-state index contributed by atoms with van der Waals surface area (Å²) in [7, 11) is 0. The first-order valence-corrected chi connectivity index (χ1v) is 9.02. The van der Waals surface area contributed by atoms with E-state index in [2.05, 4.69) is 46.8 Å². The Bertz CT molecular complexity index is 582. The van der Waals surface area contributed by atoms with Gasteiger partial charge >= 0.3 is 0 Å². The van der Waals surface area contributed by atoms with Crippen LogP contribution in [0.1, 0.15) is 95.1 Å². The zero-order valence-corrected chi connectivity index (χ0v) is 15.7. The van der Waals surface area contributed by atoms with Crippen LogP contribution < -0.4 is 4.74 Å². The number of hydrogen-bond acceptors (Lipinski definition) is 2. The lowest BCUT2D eigenvalue weighted by molar-refractivity contribution is 0.101. The van der Waals surface area contributed by atoms with Crippen LogP contribution >= 0.6 is 0 Å². The van der Waals surface area contributed by atoms with Crippen molar-refractivity contribution in [3.63, 3.8) is 0 Å². The number of hydrogen-bond donors (Lipinski definition) is 0. The van der Waals surface area contributed by atoms with Gasteiger partial charge in [-0.05, 0) is 60.3 Å². The maximum absolute atomic E-state index is 12.1. The Morgan fingerprint density at radius 2 is 1.61 bits per heavy atom. The van der Waals surface area contributed by atoms with Crippen LogP contribution in [0.4, 0.5) is 0 Å². The molecule has 0 heterocycles. The molecule has 0 aliphatic heterocycles. The molecule has 2 rings (SSSR count). The summed E-state index contributed by atoms with van der Waals surface area (Å²) in [5, 5.41) is 0. The van der Waals surface area contributed by atoms with Crippen molar-refractivity contribution in [2.75, 3.05) is 6.61 Å². The van der Waals surface area contributed by atoms with Gasteiger partial charge in [0.25, 0.3) is 0 Å². The maximum Gasteiger partial charge on any atom is 0.163 e. The minimum absolute atomic E-state index is 0.0949. The molecule has 23 heavy (non-hydrogen) atoms. The Balaban J connectivity index is 2.45. The van der Waals surface area contributed by atoms with Gasteiger partial charge in [-0.1, -0.05) is 47.5 Å². The quantitative estimate of drug-likeness (QED) is 0.489. The van der Waals surface area contributed by atoms with Crippen LogP contribution in [0, 0.1) is 0 Å². The molecule has 0 unspecified atom stereocenters. The molecule has 1 aromatic carbocycles. The zero-order valence-electron chi connectivity index (χ0n) is 15.7. The maximum atomic E-state index is 12.1. The average molecular weight is 316 g/mol. The predicted octanol–water partition coefficient (Wildman–Crippen LogP) is 5.81. The van der Waals surface area contributed by atoms with Gasteiger partial charge in [0.05, 0.1) is 12.2 Å². The molecular weight excluding hydrogens is 284 g/mol. The van der Waals surface area contributed by atoms with Crippen molar-refractivity contribution in [1.29, 1.82) is 0 Å². The Morgan fingerprint density at radius 3 is 2.13 bits per heavy atom. The molecule has 0 N–H and O–H groups in total. The average Bonchev–Trinajstić information content (AvgIpc) is 2.48. The highest BCUT2D eigenvalue weighted by atomic mass is 16.5. The van der Waals surface area contributed by atoms with Gasteiger partial charge in [0.1, 0.15) is 5.75 Å². The smallest absolute Gasteiger partial charge is 0.163 e. The van der Waals surface area contributed by atoms with Crippen molar-refractivity contribution in [2.24, 2.45) is 0 Å². The number of Topliss-reactive ketones (excluding diaryl/α,β-unsaturated/α-hetero) is 1. The van der Waals surface area contributed by atoms with E-state index >= 15 is 0 Å². The highest BCUT2D eigenvalue weighted by Crippen LogP contribution is 2.47. The lowest BCUT2D eigenvalue weighted by Crippen LogP contribution is -2.34. The second kappa shape index (κ2) is 6.67. The molecule has 0 fully saturated rings. The number of fused-ring (bicyclic) bond motifs is 1. The Morgan fingerprint density at radius 1 is 1.04 bits per heavy atom. The number of carbonyl (C=O) groups excluding carboxylic acids is 1. The van der Waals surface area contributed by atoms with Crippen LogP contribution in [0.5, 0.6) is 5.75 Å². The molecule has 0 saturated heterocycles. The highest BCUT2D eigenvalue weighted by Gasteiger charge is 2.38. The number of rotatable bonds is 6. The predicted molar refractivity (Wildman–Crippen MR) is 96.8 cm³/mol. The van der Waals surface area contributed by atoms with Crippen LogP contribution in [0.2, 0.25) is 0 Å². The summed E-state index contributed by atoms with van der Waals surface area (Å²) in [6.45, 7) is 13.7. The second-order valence-electron chi connectivity index (χ2n) is 8.27. The van der Waals surface area contributed by atoms with E-state index in [1.54, 1.807) is 6.92 Å². The minimum Gasteiger partial charge on any atom is -0.493 e. The number of benzene rings is 1. The standard InChI is InChI=1S/C21H32O2/c1-7-8-9-12-23-19-14-18-17(13-16(19)15(2)22)20(3,4)10-11-21(18,5)6/h13-14H,7-12H2,1-6H3. The Labute approximate surface area is 141 Å². The van der Waals surface area contributed by atoms with Gasteiger partial charge in [0, 0.05) is 0 Å². The first kappa shape index (κ1) is 18.0. The second-order valence-corrected chi connectivity index (χ2v) is 8.27. The third-order valence-corrected chi connectivity index (χ3v) is 5.34. The molecule has 0 saturated carbocycles. The van der Waals surface area contributed by atoms with E-state index in [1.165, 1.54) is 30.4 Å². The third-order valence-electron chi connectivity index (χ3n) is 5.34. The molecule has 2 nitrogen and oxygen atoms in total. The Hall–Kier alpha value is -1.31. The Kier molecular flexibility index (Phi) is 5.23. The molecule has 1 aliphatic carbocycles. The molecule has 1 aromatic rings. The van der Waals surface area contributed by atoms with Crippen molar-refractivity contribution in [1.82, 2.24) is 0 Å². The summed E-state index contributed by atoms with van der Waals surface area (Å²) in [5.74, 6) is 0.871. The first-order valence-electron chi connectivity index (χ1n) is 9.02. The number of ether oxygens (including phenoxy) is 1. The van der Waals surface area contributed by atoms with Crippen LogP contribution in [0.25, 0.3) is 0 Å². The lowest BCUT2D eigenvalue weighted by atomic mass is 9.63. The van der Waals surface area contributed by atoms with E-state index in [1.807, 2.05) is 0 Å². The highest BCUT2D eigenvalue weighted by molar-refractivity contribution is 5.97. The van der Waals surface area contributed by atoms with Gasteiger partial charge in [-0.25, -0.2) is 0 Å². The molecule has 128 valence electrons. The van der Waals surface area contributed by atoms with E-state index in [0.717, 1.165) is 24.2 Å². The monoisotopic (exact) mass is 316 g/mol. The van der Waals surface area contributed by atoms with E-state index < -0.39 is 0 Å². The van der Waals surface area contributed by atoms with Gasteiger partial charge in [-0.15, -0.1) is 0 Å². The van der Waals surface area contributed by atoms with E-state index in [-0.39, 0.29) is 16.6 Å². The summed E-state index contributed by atoms with van der Waals surface area (Å²) < 4.78 is 6.01. The lowest BCUT2D eigenvalue weighted by Gasteiger charge is -2.42. The summed E-state index contributed by atoms with van der Waals surface area (Å²) >= 11 is 0. The normalized spacial score (nSPS) is 18.3. The molecule has 0 aromatic heterocycles. The van der Waals surface area contributed by atoms with Crippen molar-refractivity contribution < 1.29 is 9.53 Å². The largest absolute Gasteiger partial charge is 0.493 e. The zero-order chi connectivity index (χ0) is 17.3. The fraction of sp³-hybridized carbons (Fsp3) is 0.667. The van der Waals surface area contributed by atoms with Crippen LogP contribution in [-0.4, -0.2) is 12.4 Å². The van der Waals surface area contributed by atoms with E-state index in [0.29, 0.717) is 6.61 Å². The molecule has 0 radical (unpaired) electrons. The van der Waals surface area contributed by atoms with Crippen molar-refractivity contribution in [3.8, 4) is 5.75 Å². The third kappa shape index (κ3) is 3.79. The van der Waals surface area contributed by atoms with Crippen LogP contribution in [0.15, 0.2) is 12.1 Å². The van der Waals surface area contributed by atoms with Crippen molar-refractivity contribution >= 4 is 5.78 Å². The number of unbranched alkanes of at least 4 members (excludes halogenated alkanes) is 2. The van der Waals surface area contributed by atoms with E-state index in [4.69, 9.17) is 4.74 Å². The van der Waals surface area contributed by atoms with Crippen LogP contribution in [-0.2, 0) is 10.8 Å². The van der Waals surface area contributed by atoms with Crippen molar-refractivity contribution in [2.45, 2.75) is 84.5 Å². The fourth-order valence-electron chi connectivity index (χ4n) is 3.52. The summed E-state index contributed by atoms with van der Waals surface area (Å²) in [6.07, 6.45) is 5.70. The number of carbonyl (C=O) groups is 1.